The lowest BCUT2D eigenvalue weighted by atomic mass is 9.93. The van der Waals surface area contributed by atoms with Gasteiger partial charge in [0.2, 0.25) is 0 Å². The quantitative estimate of drug-likeness (QED) is 0.888. The van der Waals surface area contributed by atoms with Gasteiger partial charge in [0.05, 0.1) is 0 Å². The fourth-order valence-corrected chi connectivity index (χ4v) is 4.16. The molecule has 4 heteroatoms. The summed E-state index contributed by atoms with van der Waals surface area (Å²) in [6.07, 6.45) is 3.02. The van der Waals surface area contributed by atoms with Crippen molar-refractivity contribution in [3.63, 3.8) is 0 Å². The van der Waals surface area contributed by atoms with E-state index >= 15 is 0 Å². The molecule has 1 aromatic heterocycles. The molecule has 3 atom stereocenters. The minimum absolute atomic E-state index is 0.311. The molecule has 2 aromatic rings. The van der Waals surface area contributed by atoms with E-state index in [9.17, 15) is 5.11 Å². The van der Waals surface area contributed by atoms with Gasteiger partial charge in [0.1, 0.15) is 11.6 Å². The van der Waals surface area contributed by atoms with E-state index in [1.807, 2.05) is 24.4 Å². The molecular weight excluding hydrogens is 262 g/mol. The number of nitrogens with zero attached hydrogens (tertiary/aromatic N) is 2. The molecule has 0 bridgehead atoms. The number of pyridine rings is 1. The molecule has 2 aliphatic rings. The van der Waals surface area contributed by atoms with Gasteiger partial charge in [-0.3, -0.25) is 0 Å². The van der Waals surface area contributed by atoms with Crippen molar-refractivity contribution in [1.82, 2.24) is 10.3 Å². The number of phenols is 1. The Morgan fingerprint density at radius 2 is 2.24 bits per heavy atom. The molecule has 21 heavy (non-hydrogen) atoms. The highest BCUT2D eigenvalue weighted by atomic mass is 16.3. The van der Waals surface area contributed by atoms with E-state index in [1.165, 1.54) is 0 Å². The molecule has 2 aliphatic heterocycles. The Hall–Kier alpha value is -1.81. The van der Waals surface area contributed by atoms with Crippen LogP contribution in [0.25, 0.3) is 10.8 Å². The van der Waals surface area contributed by atoms with Crippen molar-refractivity contribution >= 4 is 16.6 Å². The third kappa shape index (κ3) is 1.97. The molecule has 0 radical (unpaired) electrons. The van der Waals surface area contributed by atoms with Crippen LogP contribution < -0.4 is 10.2 Å². The van der Waals surface area contributed by atoms with Crippen molar-refractivity contribution in [2.45, 2.75) is 19.4 Å². The Morgan fingerprint density at radius 1 is 1.33 bits per heavy atom. The lowest BCUT2D eigenvalue weighted by Crippen LogP contribution is -2.35. The van der Waals surface area contributed by atoms with Gasteiger partial charge in [0, 0.05) is 37.3 Å². The number of phenolic OH excluding ortho intramolecular Hbond substituents is 1. The maximum atomic E-state index is 9.83. The van der Waals surface area contributed by atoms with Gasteiger partial charge in [-0.15, -0.1) is 0 Å². The van der Waals surface area contributed by atoms with E-state index in [-0.39, 0.29) is 0 Å². The van der Waals surface area contributed by atoms with Crippen LogP contribution in [0.2, 0.25) is 0 Å². The normalized spacial score (nSPS) is 28.2. The number of anilines is 1. The predicted molar refractivity (Wildman–Crippen MR) is 84.7 cm³/mol. The number of hydrogen-bond donors (Lipinski definition) is 2. The third-order valence-corrected chi connectivity index (χ3v) is 5.14. The number of fused-ring (bicyclic) bond motifs is 2. The summed E-state index contributed by atoms with van der Waals surface area (Å²) in [4.78, 5) is 7.12. The zero-order valence-electron chi connectivity index (χ0n) is 12.3. The summed E-state index contributed by atoms with van der Waals surface area (Å²) in [6, 6.07) is 8.11. The smallest absolute Gasteiger partial charge is 0.136 e. The second kappa shape index (κ2) is 4.88. The van der Waals surface area contributed by atoms with Crippen LogP contribution in [0.1, 0.15) is 13.3 Å². The monoisotopic (exact) mass is 283 g/mol. The summed E-state index contributed by atoms with van der Waals surface area (Å²) in [5.41, 5.74) is 0. The molecule has 110 valence electrons. The Balaban J connectivity index is 1.81. The van der Waals surface area contributed by atoms with E-state index < -0.39 is 0 Å². The van der Waals surface area contributed by atoms with Crippen molar-refractivity contribution in [2.24, 2.45) is 11.8 Å². The maximum absolute atomic E-state index is 9.83. The Kier molecular flexibility index (Phi) is 3.00. The van der Waals surface area contributed by atoms with Gasteiger partial charge >= 0.3 is 0 Å². The minimum Gasteiger partial charge on any atom is -0.508 e. The molecule has 3 unspecified atom stereocenters. The number of rotatable bonds is 2. The van der Waals surface area contributed by atoms with Crippen LogP contribution >= 0.6 is 0 Å². The summed E-state index contributed by atoms with van der Waals surface area (Å²) < 4.78 is 0. The zero-order chi connectivity index (χ0) is 14.4. The molecule has 3 heterocycles. The second-order valence-electron chi connectivity index (χ2n) is 6.25. The molecule has 0 aliphatic carbocycles. The highest BCUT2D eigenvalue weighted by Gasteiger charge is 2.43. The van der Waals surface area contributed by atoms with Gasteiger partial charge in [0.15, 0.2) is 0 Å². The fraction of sp³-hybridized carbons (Fsp3) is 0.471. The number of hydrogen-bond acceptors (Lipinski definition) is 4. The number of nitrogens with one attached hydrogen (secondary N) is 1. The van der Waals surface area contributed by atoms with Crippen LogP contribution in [0.4, 0.5) is 5.82 Å². The Labute approximate surface area is 124 Å². The first-order valence-corrected chi connectivity index (χ1v) is 7.83. The average Bonchev–Trinajstić information content (AvgIpc) is 3.06. The van der Waals surface area contributed by atoms with Crippen molar-refractivity contribution in [3.8, 4) is 5.75 Å². The van der Waals surface area contributed by atoms with E-state index in [1.54, 1.807) is 6.07 Å². The van der Waals surface area contributed by atoms with Crippen LogP contribution in [0.5, 0.6) is 5.75 Å². The molecule has 2 saturated heterocycles. The first-order chi connectivity index (χ1) is 10.3. The summed E-state index contributed by atoms with van der Waals surface area (Å²) in [5, 5.41) is 15.5. The number of benzene rings is 1. The van der Waals surface area contributed by atoms with Crippen molar-refractivity contribution < 1.29 is 5.11 Å². The Bertz CT molecular complexity index is 672. The standard InChI is InChI=1S/C17H21N3O/c1-2-16-15-9-18-8-12(15)10-20(16)17-14-7-13(21)4-3-11(14)5-6-19-17/h3-7,12,15-16,18,21H,2,8-10H2,1H3. The van der Waals surface area contributed by atoms with Crippen molar-refractivity contribution in [1.29, 1.82) is 0 Å². The first kappa shape index (κ1) is 12.9. The van der Waals surface area contributed by atoms with E-state index in [2.05, 4.69) is 22.1 Å². The van der Waals surface area contributed by atoms with Gasteiger partial charge in [-0.05, 0) is 41.8 Å². The third-order valence-electron chi connectivity index (χ3n) is 5.14. The Morgan fingerprint density at radius 3 is 3.10 bits per heavy atom. The summed E-state index contributed by atoms with van der Waals surface area (Å²) >= 11 is 0. The van der Waals surface area contributed by atoms with Crippen LogP contribution in [0, 0.1) is 11.8 Å². The molecule has 4 nitrogen and oxygen atoms in total. The highest BCUT2D eigenvalue weighted by Crippen LogP contribution is 2.39. The molecule has 2 N–H and O–H groups in total. The summed E-state index contributed by atoms with van der Waals surface area (Å²) in [5.74, 6) is 2.80. The van der Waals surface area contributed by atoms with Gasteiger partial charge in [-0.2, -0.15) is 0 Å². The summed E-state index contributed by atoms with van der Waals surface area (Å²) in [6.45, 7) is 5.57. The lowest BCUT2D eigenvalue weighted by molar-refractivity contribution is 0.441. The summed E-state index contributed by atoms with van der Waals surface area (Å²) in [7, 11) is 0. The zero-order valence-corrected chi connectivity index (χ0v) is 12.3. The molecule has 0 saturated carbocycles. The second-order valence-corrected chi connectivity index (χ2v) is 6.25. The van der Waals surface area contributed by atoms with Gasteiger partial charge < -0.3 is 15.3 Å². The number of aromatic hydroxyl groups is 1. The molecule has 0 spiro atoms. The van der Waals surface area contributed by atoms with E-state index in [4.69, 9.17) is 0 Å². The van der Waals surface area contributed by atoms with Crippen LogP contribution in [-0.2, 0) is 0 Å². The topological polar surface area (TPSA) is 48.4 Å². The van der Waals surface area contributed by atoms with Gasteiger partial charge in [0.25, 0.3) is 0 Å². The maximum Gasteiger partial charge on any atom is 0.136 e. The van der Waals surface area contributed by atoms with Crippen molar-refractivity contribution in [2.75, 3.05) is 24.5 Å². The average molecular weight is 283 g/mol. The minimum atomic E-state index is 0.311. The van der Waals surface area contributed by atoms with E-state index in [0.29, 0.717) is 11.8 Å². The fourth-order valence-electron chi connectivity index (χ4n) is 4.16. The van der Waals surface area contributed by atoms with E-state index in [0.717, 1.165) is 54.5 Å². The molecule has 4 rings (SSSR count). The molecule has 0 amide bonds. The largest absolute Gasteiger partial charge is 0.508 e. The highest BCUT2D eigenvalue weighted by molar-refractivity contribution is 5.93. The predicted octanol–water partition coefficient (Wildman–Crippen LogP) is 2.37. The van der Waals surface area contributed by atoms with Crippen LogP contribution in [0.15, 0.2) is 30.5 Å². The van der Waals surface area contributed by atoms with Crippen molar-refractivity contribution in [3.05, 3.63) is 30.5 Å². The molecule has 2 fully saturated rings. The van der Waals surface area contributed by atoms with Crippen LogP contribution in [-0.4, -0.2) is 35.8 Å². The van der Waals surface area contributed by atoms with Crippen LogP contribution in [0.3, 0.4) is 0 Å². The molecule has 1 aromatic carbocycles. The number of aromatic nitrogens is 1. The SMILES string of the molecule is CCC1C2CNCC2CN1c1nccc2ccc(O)cc12. The molecular formula is C17H21N3O. The van der Waals surface area contributed by atoms with Gasteiger partial charge in [-0.25, -0.2) is 4.98 Å². The van der Waals surface area contributed by atoms with Gasteiger partial charge in [-0.1, -0.05) is 13.0 Å². The lowest BCUT2D eigenvalue weighted by Gasteiger charge is -2.29. The first-order valence-electron chi connectivity index (χ1n) is 7.83.